The van der Waals surface area contributed by atoms with Gasteiger partial charge in [0.15, 0.2) is 0 Å². The summed E-state index contributed by atoms with van der Waals surface area (Å²) < 4.78 is 11.4. The first-order valence-electron chi connectivity index (χ1n) is 4.42. The highest BCUT2D eigenvalue weighted by Crippen LogP contribution is 2.12. The van der Waals surface area contributed by atoms with Crippen LogP contribution in [0.25, 0.3) is 0 Å². The first kappa shape index (κ1) is 11.7. The van der Waals surface area contributed by atoms with Crippen molar-refractivity contribution in [2.24, 2.45) is 0 Å². The summed E-state index contributed by atoms with van der Waals surface area (Å²) >= 11 is 5.79. The molecule has 4 heteroatoms. The van der Waals surface area contributed by atoms with Gasteiger partial charge in [-0.2, -0.15) is 0 Å². The van der Waals surface area contributed by atoms with Gasteiger partial charge in [-0.1, -0.05) is 23.7 Å². The lowest BCUT2D eigenvalue weighted by atomic mass is 10.2. The van der Waals surface area contributed by atoms with Crippen LogP contribution < -0.4 is 0 Å². The molecule has 14 heavy (non-hydrogen) atoms. The fourth-order valence-electron chi connectivity index (χ4n) is 1.11. The van der Waals surface area contributed by atoms with Gasteiger partial charge in [-0.15, -0.1) is 0 Å². The van der Waals surface area contributed by atoms with E-state index in [1.165, 1.54) is 0 Å². The fourth-order valence-corrected chi connectivity index (χ4v) is 2.47. The largest absolute Gasteiger partial charge is 0.396 e. The number of rotatable bonds is 5. The molecule has 0 spiro atoms. The maximum absolute atomic E-state index is 11.4. The first-order valence-corrected chi connectivity index (χ1v) is 6.29. The summed E-state index contributed by atoms with van der Waals surface area (Å²) in [5, 5.41) is 9.24. The van der Waals surface area contributed by atoms with E-state index >= 15 is 0 Å². The molecule has 1 aromatic carbocycles. The van der Waals surface area contributed by atoms with Crippen molar-refractivity contribution in [1.82, 2.24) is 0 Å². The summed E-state index contributed by atoms with van der Waals surface area (Å²) in [6.07, 6.45) is 0.590. The maximum Gasteiger partial charge on any atom is 0.0486 e. The third-order valence-corrected chi connectivity index (χ3v) is 3.38. The molecule has 0 heterocycles. The Hall–Kier alpha value is -0.380. The van der Waals surface area contributed by atoms with Crippen molar-refractivity contribution in [3.63, 3.8) is 0 Å². The van der Waals surface area contributed by atoms with Crippen molar-refractivity contribution in [3.8, 4) is 0 Å². The van der Waals surface area contributed by atoms with Gasteiger partial charge in [-0.05, 0) is 24.1 Å². The van der Waals surface area contributed by atoms with Crippen LogP contribution in [-0.4, -0.2) is 21.7 Å². The Labute approximate surface area is 91.4 Å². The van der Waals surface area contributed by atoms with Crippen molar-refractivity contribution in [3.05, 3.63) is 34.9 Å². The molecule has 1 rings (SSSR count). The molecule has 1 atom stereocenters. The van der Waals surface area contributed by atoms with Crippen LogP contribution in [0.3, 0.4) is 0 Å². The molecule has 0 bridgehead atoms. The van der Waals surface area contributed by atoms with Crippen LogP contribution in [0.2, 0.25) is 5.02 Å². The zero-order valence-corrected chi connectivity index (χ0v) is 9.35. The molecule has 1 unspecified atom stereocenters. The lowest BCUT2D eigenvalue weighted by Gasteiger charge is -2.01. The smallest absolute Gasteiger partial charge is 0.0486 e. The summed E-state index contributed by atoms with van der Waals surface area (Å²) in [5.41, 5.74) is 0.980. The summed E-state index contributed by atoms with van der Waals surface area (Å²) in [6, 6.07) is 7.36. The second-order valence-electron chi connectivity index (χ2n) is 3.00. The van der Waals surface area contributed by atoms with Crippen molar-refractivity contribution in [2.75, 3.05) is 12.4 Å². The highest BCUT2D eigenvalue weighted by molar-refractivity contribution is 7.84. The molecule has 1 N–H and O–H groups in total. The van der Waals surface area contributed by atoms with Crippen LogP contribution in [0.1, 0.15) is 12.0 Å². The van der Waals surface area contributed by atoms with Crippen molar-refractivity contribution < 1.29 is 9.32 Å². The minimum absolute atomic E-state index is 0.0985. The van der Waals surface area contributed by atoms with Gasteiger partial charge in [0.05, 0.1) is 0 Å². The lowest BCUT2D eigenvalue weighted by Crippen LogP contribution is -2.02. The van der Waals surface area contributed by atoms with E-state index < -0.39 is 10.8 Å². The molecule has 2 nitrogen and oxygen atoms in total. The molecule has 0 aromatic heterocycles. The van der Waals surface area contributed by atoms with Crippen LogP contribution in [-0.2, 0) is 16.6 Å². The van der Waals surface area contributed by atoms with Gasteiger partial charge in [0, 0.05) is 33.9 Å². The van der Waals surface area contributed by atoms with Gasteiger partial charge in [0.2, 0.25) is 0 Å². The molecule has 0 saturated heterocycles. The molecule has 78 valence electrons. The van der Waals surface area contributed by atoms with E-state index in [1.807, 2.05) is 18.2 Å². The van der Waals surface area contributed by atoms with Crippen LogP contribution >= 0.6 is 11.6 Å². The predicted octanol–water partition coefficient (Wildman–Crippen LogP) is 1.97. The zero-order valence-electron chi connectivity index (χ0n) is 7.78. The summed E-state index contributed by atoms with van der Waals surface area (Å²) in [7, 11) is -0.898. The fraction of sp³-hybridized carbons (Fsp3) is 0.400. The van der Waals surface area contributed by atoms with Crippen LogP contribution in [0.5, 0.6) is 0 Å². The second kappa shape index (κ2) is 6.17. The van der Waals surface area contributed by atoms with Crippen LogP contribution in [0, 0.1) is 0 Å². The Kier molecular flexibility index (Phi) is 5.15. The monoisotopic (exact) mass is 232 g/mol. The summed E-state index contributed by atoms with van der Waals surface area (Å²) in [5.74, 6) is 1.06. The van der Waals surface area contributed by atoms with Gasteiger partial charge >= 0.3 is 0 Å². The molecule has 1 aromatic rings. The van der Waals surface area contributed by atoms with Crippen LogP contribution in [0.4, 0.5) is 0 Å². The van der Waals surface area contributed by atoms with E-state index in [4.69, 9.17) is 16.7 Å². The number of hydrogen-bond donors (Lipinski definition) is 1. The second-order valence-corrected chi connectivity index (χ2v) is 5.01. The standard InChI is InChI=1S/C10H13ClO2S/c11-10-4-1-3-9(7-10)8-14(13)6-2-5-12/h1,3-4,7,12H,2,5-6,8H2. The molecule has 0 aliphatic rings. The quantitative estimate of drug-likeness (QED) is 0.843. The normalized spacial score (nSPS) is 12.7. The summed E-state index contributed by atoms with van der Waals surface area (Å²) in [6.45, 7) is 0.0985. The van der Waals surface area contributed by atoms with E-state index in [2.05, 4.69) is 0 Å². The average Bonchev–Trinajstić information content (AvgIpc) is 2.15. The molecule has 0 radical (unpaired) electrons. The topological polar surface area (TPSA) is 37.3 Å². The van der Waals surface area contributed by atoms with E-state index in [9.17, 15) is 4.21 Å². The number of halogens is 1. The van der Waals surface area contributed by atoms with Gasteiger partial charge in [-0.25, -0.2) is 0 Å². The Morgan fingerprint density at radius 2 is 2.21 bits per heavy atom. The molecule has 0 amide bonds. The molecular weight excluding hydrogens is 220 g/mol. The van der Waals surface area contributed by atoms with E-state index in [1.54, 1.807) is 6.07 Å². The Balaban J connectivity index is 2.47. The Bertz CT molecular complexity index is 315. The van der Waals surface area contributed by atoms with Gasteiger partial charge < -0.3 is 5.11 Å². The predicted molar refractivity (Wildman–Crippen MR) is 59.9 cm³/mol. The van der Waals surface area contributed by atoms with Crippen LogP contribution in [0.15, 0.2) is 24.3 Å². The van der Waals surface area contributed by atoms with Crippen molar-refractivity contribution in [2.45, 2.75) is 12.2 Å². The molecule has 0 aliphatic carbocycles. The van der Waals surface area contributed by atoms with Gasteiger partial charge in [-0.3, -0.25) is 4.21 Å². The molecular formula is C10H13ClO2S. The van der Waals surface area contributed by atoms with E-state index in [0.29, 0.717) is 22.9 Å². The highest BCUT2D eigenvalue weighted by Gasteiger charge is 2.01. The first-order chi connectivity index (χ1) is 6.72. The molecule has 0 aliphatic heterocycles. The summed E-state index contributed by atoms with van der Waals surface area (Å²) in [4.78, 5) is 0. The van der Waals surface area contributed by atoms with Gasteiger partial charge in [0.25, 0.3) is 0 Å². The van der Waals surface area contributed by atoms with Gasteiger partial charge in [0.1, 0.15) is 0 Å². The van der Waals surface area contributed by atoms with E-state index in [-0.39, 0.29) is 6.61 Å². The number of aliphatic hydroxyl groups is 1. The SMILES string of the molecule is O=S(CCCO)Cc1cccc(Cl)c1. The minimum Gasteiger partial charge on any atom is -0.396 e. The lowest BCUT2D eigenvalue weighted by molar-refractivity contribution is 0.296. The maximum atomic E-state index is 11.4. The van der Waals surface area contributed by atoms with Crippen molar-refractivity contribution in [1.29, 1.82) is 0 Å². The number of benzene rings is 1. The highest BCUT2D eigenvalue weighted by atomic mass is 35.5. The Morgan fingerprint density at radius 3 is 2.86 bits per heavy atom. The zero-order chi connectivity index (χ0) is 10.4. The van der Waals surface area contributed by atoms with Crippen molar-refractivity contribution >= 4 is 22.4 Å². The number of aliphatic hydroxyl groups excluding tert-OH is 1. The third kappa shape index (κ3) is 4.22. The van der Waals surface area contributed by atoms with E-state index in [0.717, 1.165) is 5.56 Å². The molecule has 0 fully saturated rings. The number of hydrogen-bond acceptors (Lipinski definition) is 2. The average molecular weight is 233 g/mol. The third-order valence-electron chi connectivity index (χ3n) is 1.75. The minimum atomic E-state index is -0.898. The molecule has 0 saturated carbocycles. The Morgan fingerprint density at radius 1 is 1.43 bits per heavy atom.